The summed E-state index contributed by atoms with van der Waals surface area (Å²) in [5.41, 5.74) is 1.41. The smallest absolute Gasteiger partial charge is 0.255 e. The number of hydrogen-bond acceptors (Lipinski definition) is 3. The lowest BCUT2D eigenvalue weighted by Gasteiger charge is -2.10. The van der Waals surface area contributed by atoms with Crippen molar-refractivity contribution < 1.29 is 9.59 Å². The number of nitriles is 1. The summed E-state index contributed by atoms with van der Waals surface area (Å²) in [4.78, 5) is 24.3. The number of para-hydroxylation sites is 1. The van der Waals surface area contributed by atoms with Gasteiger partial charge in [0.05, 0.1) is 29.4 Å². The maximum absolute atomic E-state index is 12.3. The van der Waals surface area contributed by atoms with E-state index in [2.05, 4.69) is 16.6 Å². The summed E-state index contributed by atoms with van der Waals surface area (Å²) in [6.07, 6.45) is 5.12. The van der Waals surface area contributed by atoms with Crippen molar-refractivity contribution in [3.63, 3.8) is 0 Å². The van der Waals surface area contributed by atoms with Gasteiger partial charge in [0.1, 0.15) is 0 Å². The van der Waals surface area contributed by atoms with E-state index in [0.29, 0.717) is 22.4 Å². The van der Waals surface area contributed by atoms with Gasteiger partial charge >= 0.3 is 0 Å². The molecule has 0 spiro atoms. The quantitative estimate of drug-likeness (QED) is 0.849. The molecule has 2 N–H and O–H groups in total. The summed E-state index contributed by atoms with van der Waals surface area (Å²) in [5.74, 6) is 1.54. The number of carbonyl (C=O) groups is 2. The van der Waals surface area contributed by atoms with Crippen LogP contribution in [0.25, 0.3) is 0 Å². The van der Waals surface area contributed by atoms with Crippen LogP contribution < -0.4 is 10.6 Å². The number of nitrogens with one attached hydrogen (secondary N) is 2. The summed E-state index contributed by atoms with van der Waals surface area (Å²) in [5, 5.41) is 14.1. The molecule has 0 aliphatic carbocycles. The molecule has 0 radical (unpaired) electrons. The second-order valence-corrected chi connectivity index (χ2v) is 4.58. The summed E-state index contributed by atoms with van der Waals surface area (Å²) in [7, 11) is 0. The van der Waals surface area contributed by atoms with Crippen LogP contribution in [-0.2, 0) is 0 Å². The highest BCUT2D eigenvalue weighted by Crippen LogP contribution is 2.16. The van der Waals surface area contributed by atoms with Crippen molar-refractivity contribution >= 4 is 17.5 Å². The van der Waals surface area contributed by atoms with E-state index in [4.69, 9.17) is 11.7 Å². The van der Waals surface area contributed by atoms with Gasteiger partial charge in [-0.05, 0) is 30.3 Å². The standard InChI is InChI=1S/C18H13N3O2/c1-2-10-20-18(23)15-8-3-4-9-16(15)21-17(22)14-7-5-6-13(11-14)12-19/h1,3-9,11H,10H2,(H,20,23)(H,21,22). The Morgan fingerprint density at radius 2 is 1.87 bits per heavy atom. The van der Waals surface area contributed by atoms with Gasteiger partial charge in [0, 0.05) is 5.56 Å². The Bertz CT molecular complexity index is 829. The molecule has 0 atom stereocenters. The van der Waals surface area contributed by atoms with Crippen molar-refractivity contribution in [2.45, 2.75) is 0 Å². The van der Waals surface area contributed by atoms with Crippen LogP contribution in [0.5, 0.6) is 0 Å². The molecule has 2 amide bonds. The van der Waals surface area contributed by atoms with Crippen molar-refractivity contribution in [3.05, 3.63) is 65.2 Å². The van der Waals surface area contributed by atoms with E-state index in [0.717, 1.165) is 0 Å². The van der Waals surface area contributed by atoms with E-state index >= 15 is 0 Å². The summed E-state index contributed by atoms with van der Waals surface area (Å²) < 4.78 is 0. The van der Waals surface area contributed by atoms with E-state index in [1.54, 1.807) is 42.5 Å². The van der Waals surface area contributed by atoms with Gasteiger partial charge in [0.25, 0.3) is 11.8 Å². The average molecular weight is 303 g/mol. The molecule has 5 nitrogen and oxygen atoms in total. The fourth-order valence-electron chi connectivity index (χ4n) is 1.94. The maximum Gasteiger partial charge on any atom is 0.255 e. The summed E-state index contributed by atoms with van der Waals surface area (Å²) >= 11 is 0. The third-order valence-corrected chi connectivity index (χ3v) is 3.02. The first-order chi connectivity index (χ1) is 11.2. The van der Waals surface area contributed by atoms with Crippen LogP contribution in [0.2, 0.25) is 0 Å². The van der Waals surface area contributed by atoms with Gasteiger partial charge in [-0.3, -0.25) is 9.59 Å². The zero-order valence-corrected chi connectivity index (χ0v) is 12.2. The lowest BCUT2D eigenvalue weighted by Crippen LogP contribution is -2.25. The second-order valence-electron chi connectivity index (χ2n) is 4.58. The number of terminal acetylenes is 1. The van der Waals surface area contributed by atoms with Crippen molar-refractivity contribution in [3.8, 4) is 18.4 Å². The molecule has 2 rings (SSSR count). The third-order valence-electron chi connectivity index (χ3n) is 3.02. The first kappa shape index (κ1) is 15.8. The Kier molecular flexibility index (Phi) is 5.12. The number of nitrogens with zero attached hydrogens (tertiary/aromatic N) is 1. The fourth-order valence-corrected chi connectivity index (χ4v) is 1.94. The van der Waals surface area contributed by atoms with Crippen molar-refractivity contribution in [1.29, 1.82) is 5.26 Å². The number of hydrogen-bond donors (Lipinski definition) is 2. The molecule has 0 heterocycles. The molecular formula is C18H13N3O2. The number of anilines is 1. The van der Waals surface area contributed by atoms with Crippen LogP contribution in [0, 0.1) is 23.7 Å². The minimum Gasteiger partial charge on any atom is -0.341 e. The normalized spacial score (nSPS) is 9.30. The molecule has 23 heavy (non-hydrogen) atoms. The highest BCUT2D eigenvalue weighted by atomic mass is 16.2. The molecule has 0 bridgehead atoms. The van der Waals surface area contributed by atoms with Crippen molar-refractivity contribution in [1.82, 2.24) is 5.32 Å². The third kappa shape index (κ3) is 3.96. The van der Waals surface area contributed by atoms with Gasteiger partial charge in [-0.1, -0.05) is 24.1 Å². The van der Waals surface area contributed by atoms with Crippen LogP contribution in [0.15, 0.2) is 48.5 Å². The van der Waals surface area contributed by atoms with E-state index in [1.165, 1.54) is 6.07 Å². The van der Waals surface area contributed by atoms with Gasteiger partial charge in [-0.2, -0.15) is 5.26 Å². The van der Waals surface area contributed by atoms with Crippen LogP contribution in [0.1, 0.15) is 26.3 Å². The van der Waals surface area contributed by atoms with Crippen molar-refractivity contribution in [2.75, 3.05) is 11.9 Å². The highest BCUT2D eigenvalue weighted by molar-refractivity contribution is 6.09. The second kappa shape index (κ2) is 7.44. The van der Waals surface area contributed by atoms with Gasteiger partial charge in [-0.15, -0.1) is 6.42 Å². The lowest BCUT2D eigenvalue weighted by atomic mass is 10.1. The minimum atomic E-state index is -0.403. The minimum absolute atomic E-state index is 0.103. The van der Waals surface area contributed by atoms with Gasteiger partial charge in [0.2, 0.25) is 0 Å². The Balaban J connectivity index is 2.23. The average Bonchev–Trinajstić information content (AvgIpc) is 2.60. The number of rotatable bonds is 4. The first-order valence-corrected chi connectivity index (χ1v) is 6.78. The van der Waals surface area contributed by atoms with Crippen LogP contribution in [0.3, 0.4) is 0 Å². The van der Waals surface area contributed by atoms with E-state index in [9.17, 15) is 9.59 Å². The van der Waals surface area contributed by atoms with E-state index in [-0.39, 0.29) is 12.5 Å². The monoisotopic (exact) mass is 303 g/mol. The molecular weight excluding hydrogens is 290 g/mol. The number of benzene rings is 2. The topological polar surface area (TPSA) is 82.0 Å². The summed E-state index contributed by atoms with van der Waals surface area (Å²) in [6.45, 7) is 0.103. The molecule has 0 saturated carbocycles. The Hall–Kier alpha value is -3.57. The van der Waals surface area contributed by atoms with Gasteiger partial charge in [-0.25, -0.2) is 0 Å². The lowest BCUT2D eigenvalue weighted by molar-refractivity contribution is 0.0959. The molecule has 0 aromatic heterocycles. The van der Waals surface area contributed by atoms with E-state index in [1.807, 2.05) is 6.07 Å². The van der Waals surface area contributed by atoms with E-state index < -0.39 is 5.91 Å². The summed E-state index contributed by atoms with van der Waals surface area (Å²) in [6, 6.07) is 14.9. The predicted octanol–water partition coefficient (Wildman–Crippen LogP) is 2.17. The molecule has 2 aromatic carbocycles. The van der Waals surface area contributed by atoms with Crippen LogP contribution >= 0.6 is 0 Å². The Labute approximate surface area is 133 Å². The molecule has 112 valence electrons. The van der Waals surface area contributed by atoms with Gasteiger partial charge in [0.15, 0.2) is 0 Å². The Morgan fingerprint density at radius 1 is 1.09 bits per heavy atom. The molecule has 5 heteroatoms. The number of carbonyl (C=O) groups excluding carboxylic acids is 2. The maximum atomic E-state index is 12.3. The molecule has 0 aliphatic rings. The van der Waals surface area contributed by atoms with Crippen LogP contribution in [0.4, 0.5) is 5.69 Å². The van der Waals surface area contributed by atoms with Crippen LogP contribution in [-0.4, -0.2) is 18.4 Å². The predicted molar refractivity (Wildman–Crippen MR) is 86.7 cm³/mol. The zero-order chi connectivity index (χ0) is 16.7. The van der Waals surface area contributed by atoms with Crippen molar-refractivity contribution in [2.24, 2.45) is 0 Å². The highest BCUT2D eigenvalue weighted by Gasteiger charge is 2.13. The molecule has 2 aromatic rings. The first-order valence-electron chi connectivity index (χ1n) is 6.78. The number of amides is 2. The SMILES string of the molecule is C#CCNC(=O)c1ccccc1NC(=O)c1cccc(C#N)c1. The van der Waals surface area contributed by atoms with Gasteiger partial charge < -0.3 is 10.6 Å². The molecule has 0 unspecified atom stereocenters. The zero-order valence-electron chi connectivity index (χ0n) is 12.2. The molecule has 0 fully saturated rings. The molecule has 0 saturated heterocycles. The molecule has 0 aliphatic heterocycles. The largest absolute Gasteiger partial charge is 0.341 e. The Morgan fingerprint density at radius 3 is 2.61 bits per heavy atom. The fraction of sp³-hybridized carbons (Fsp3) is 0.0556.